The Morgan fingerprint density at radius 1 is 0.615 bits per heavy atom. The summed E-state index contributed by atoms with van der Waals surface area (Å²) in [5, 5.41) is 0. The fraction of sp³-hybridized carbons (Fsp3) is 0.391. The minimum atomic E-state index is 0. The first-order valence-electron chi connectivity index (χ1n) is 9.59. The van der Waals surface area contributed by atoms with Crippen LogP contribution in [0, 0.1) is 0 Å². The van der Waals surface area contributed by atoms with E-state index in [9.17, 15) is 0 Å². The number of aliphatic imine (C=N–C) groups is 2. The normalized spacial score (nSPS) is 11.9. The van der Waals surface area contributed by atoms with Gasteiger partial charge in [-0.15, -0.1) is 0 Å². The van der Waals surface area contributed by atoms with Crippen LogP contribution in [0.25, 0.3) is 0 Å². The van der Waals surface area contributed by atoms with Crippen molar-refractivity contribution in [1.29, 1.82) is 0 Å². The number of para-hydroxylation sites is 2. The van der Waals surface area contributed by atoms with Crippen LogP contribution < -0.4 is 0 Å². The molecule has 0 bridgehead atoms. The average molecular weight is 393 g/mol. The van der Waals surface area contributed by atoms with Crippen LogP contribution in [0.2, 0.25) is 0 Å². The molecule has 0 radical (unpaired) electrons. The van der Waals surface area contributed by atoms with Gasteiger partial charge in [-0.25, -0.2) is 0 Å². The third-order valence-electron chi connectivity index (χ3n) is 4.13. The molecular formula is C23H30N2Ni. The van der Waals surface area contributed by atoms with E-state index in [0.29, 0.717) is 0 Å². The molecule has 0 aliphatic rings. The zero-order valence-corrected chi connectivity index (χ0v) is 16.9. The summed E-state index contributed by atoms with van der Waals surface area (Å²) in [5.74, 6) is 0. The second-order valence-electron chi connectivity index (χ2n) is 6.35. The topological polar surface area (TPSA) is 24.7 Å². The van der Waals surface area contributed by atoms with Crippen LogP contribution in [0.3, 0.4) is 0 Å². The molecule has 0 saturated heterocycles. The van der Waals surface area contributed by atoms with Crippen LogP contribution in [0.5, 0.6) is 0 Å². The van der Waals surface area contributed by atoms with E-state index in [1.165, 1.54) is 25.7 Å². The smallest absolute Gasteiger partial charge is 0.0633 e. The fourth-order valence-electron chi connectivity index (χ4n) is 2.80. The Morgan fingerprint density at radius 2 is 1.12 bits per heavy atom. The van der Waals surface area contributed by atoms with Gasteiger partial charge in [-0.1, -0.05) is 75.9 Å². The van der Waals surface area contributed by atoms with Crippen molar-refractivity contribution in [2.45, 2.75) is 58.8 Å². The second-order valence-corrected chi connectivity index (χ2v) is 6.35. The van der Waals surface area contributed by atoms with Crippen LogP contribution in [-0.4, -0.2) is 11.4 Å². The summed E-state index contributed by atoms with van der Waals surface area (Å²) in [4.78, 5) is 9.89. The molecule has 2 aromatic rings. The Hall–Kier alpha value is -1.73. The van der Waals surface area contributed by atoms with Crippen molar-refractivity contribution in [3.63, 3.8) is 0 Å². The van der Waals surface area contributed by atoms with E-state index in [4.69, 9.17) is 9.98 Å². The third kappa shape index (κ3) is 8.10. The Morgan fingerprint density at radius 3 is 1.58 bits per heavy atom. The van der Waals surface area contributed by atoms with E-state index >= 15 is 0 Å². The molecule has 0 fully saturated rings. The van der Waals surface area contributed by atoms with E-state index in [2.05, 4.69) is 38.1 Å². The monoisotopic (exact) mass is 392 g/mol. The Bertz CT molecular complexity index is 663. The third-order valence-corrected chi connectivity index (χ3v) is 4.13. The van der Waals surface area contributed by atoms with Crippen molar-refractivity contribution in [2.24, 2.45) is 9.98 Å². The number of hydrogen-bond acceptors (Lipinski definition) is 2. The summed E-state index contributed by atoms with van der Waals surface area (Å²) in [5.41, 5.74) is 4.31. The van der Waals surface area contributed by atoms with Gasteiger partial charge in [0.1, 0.15) is 0 Å². The van der Waals surface area contributed by atoms with Crippen molar-refractivity contribution < 1.29 is 16.5 Å². The van der Waals surface area contributed by atoms with Crippen molar-refractivity contribution in [3.05, 3.63) is 60.7 Å². The van der Waals surface area contributed by atoms with Gasteiger partial charge in [0.15, 0.2) is 0 Å². The van der Waals surface area contributed by atoms with Crippen molar-refractivity contribution in [1.82, 2.24) is 0 Å². The summed E-state index contributed by atoms with van der Waals surface area (Å²) in [6, 6.07) is 20.5. The van der Waals surface area contributed by atoms with Gasteiger partial charge in [-0.2, -0.15) is 0 Å². The maximum absolute atomic E-state index is 4.96. The number of hydrogen-bond donors (Lipinski definition) is 0. The Kier molecular flexibility index (Phi) is 11.6. The molecular weight excluding hydrogens is 363 g/mol. The SMILES string of the molecule is CCCCCCC(=N\c1ccccc1)/C(CCC)=N/c1ccccc1.[Ni]. The van der Waals surface area contributed by atoms with Crippen molar-refractivity contribution in [3.8, 4) is 0 Å². The molecule has 0 aliphatic heterocycles. The molecule has 0 heterocycles. The first kappa shape index (κ1) is 22.3. The minimum Gasteiger partial charge on any atom is -0.252 e. The summed E-state index contributed by atoms with van der Waals surface area (Å²) >= 11 is 0. The standard InChI is InChI=1S/C23H30N2.Ni/c1-3-5-6-13-19-23(25-21-17-11-8-12-18-21)22(14-4-2)24-20-15-9-7-10-16-20;/h7-12,15-18H,3-6,13-14,19H2,1-2H3;/b24-22+,25-23+;. The molecule has 0 atom stereocenters. The average Bonchev–Trinajstić information content (AvgIpc) is 2.66. The predicted molar refractivity (Wildman–Crippen MR) is 111 cm³/mol. The summed E-state index contributed by atoms with van der Waals surface area (Å²) in [6.45, 7) is 4.45. The van der Waals surface area contributed by atoms with Crippen molar-refractivity contribution >= 4 is 22.8 Å². The van der Waals surface area contributed by atoms with Crippen LogP contribution >= 0.6 is 0 Å². The molecule has 0 aromatic heterocycles. The van der Waals surface area contributed by atoms with Gasteiger partial charge >= 0.3 is 0 Å². The van der Waals surface area contributed by atoms with Crippen LogP contribution in [0.15, 0.2) is 70.6 Å². The molecule has 0 aliphatic carbocycles. The van der Waals surface area contributed by atoms with Gasteiger partial charge in [-0.05, 0) is 43.5 Å². The second kappa shape index (κ2) is 13.5. The Balaban J connectivity index is 0.00000338. The molecule has 26 heavy (non-hydrogen) atoms. The van der Waals surface area contributed by atoms with E-state index in [1.807, 2.05) is 36.4 Å². The van der Waals surface area contributed by atoms with Crippen LogP contribution in [0.1, 0.15) is 58.8 Å². The molecule has 0 unspecified atom stereocenters. The van der Waals surface area contributed by atoms with E-state index in [1.54, 1.807) is 0 Å². The molecule has 2 rings (SSSR count). The van der Waals surface area contributed by atoms with Gasteiger partial charge in [0, 0.05) is 16.5 Å². The fourth-order valence-corrected chi connectivity index (χ4v) is 2.80. The first-order valence-corrected chi connectivity index (χ1v) is 9.59. The summed E-state index contributed by atoms with van der Waals surface area (Å²) in [7, 11) is 0. The summed E-state index contributed by atoms with van der Waals surface area (Å²) in [6.07, 6.45) is 8.03. The molecule has 142 valence electrons. The van der Waals surface area contributed by atoms with Crippen molar-refractivity contribution in [2.75, 3.05) is 0 Å². The van der Waals surface area contributed by atoms with E-state index < -0.39 is 0 Å². The molecule has 0 saturated carbocycles. The zero-order chi connectivity index (χ0) is 17.7. The quantitative estimate of drug-likeness (QED) is 0.230. The van der Waals surface area contributed by atoms with Gasteiger partial charge in [0.25, 0.3) is 0 Å². The van der Waals surface area contributed by atoms with E-state index in [-0.39, 0.29) is 16.5 Å². The molecule has 2 nitrogen and oxygen atoms in total. The Labute approximate surface area is 168 Å². The minimum absolute atomic E-state index is 0. The van der Waals surface area contributed by atoms with Crippen LogP contribution in [0.4, 0.5) is 11.4 Å². The molecule has 0 spiro atoms. The van der Waals surface area contributed by atoms with Gasteiger partial charge in [0.2, 0.25) is 0 Å². The number of benzene rings is 2. The molecule has 0 N–H and O–H groups in total. The maximum atomic E-state index is 4.96. The number of nitrogens with zero attached hydrogens (tertiary/aromatic N) is 2. The zero-order valence-electron chi connectivity index (χ0n) is 15.9. The molecule has 3 heteroatoms. The predicted octanol–water partition coefficient (Wildman–Crippen LogP) is 7.30. The number of unbranched alkanes of at least 4 members (excludes halogenated alkanes) is 3. The molecule has 2 aromatic carbocycles. The van der Waals surface area contributed by atoms with Crippen LogP contribution in [-0.2, 0) is 16.5 Å². The largest absolute Gasteiger partial charge is 0.252 e. The van der Waals surface area contributed by atoms with Gasteiger partial charge in [-0.3, -0.25) is 9.98 Å². The van der Waals surface area contributed by atoms with E-state index in [0.717, 1.165) is 42.1 Å². The van der Waals surface area contributed by atoms with Gasteiger partial charge in [0.05, 0.1) is 22.8 Å². The first-order chi connectivity index (χ1) is 12.3. The summed E-state index contributed by atoms with van der Waals surface area (Å²) < 4.78 is 0. The molecule has 0 amide bonds. The number of rotatable bonds is 10. The van der Waals surface area contributed by atoms with Gasteiger partial charge < -0.3 is 0 Å². The maximum Gasteiger partial charge on any atom is 0.0633 e.